The van der Waals surface area contributed by atoms with E-state index < -0.39 is 5.54 Å². The van der Waals surface area contributed by atoms with Gasteiger partial charge in [-0.2, -0.15) is 5.26 Å². The second kappa shape index (κ2) is 8.09. The second-order valence-electron chi connectivity index (χ2n) is 7.78. The lowest BCUT2D eigenvalue weighted by Crippen LogP contribution is -2.54. The van der Waals surface area contributed by atoms with E-state index in [9.17, 15) is 10.1 Å². The van der Waals surface area contributed by atoms with Gasteiger partial charge < -0.3 is 10.2 Å². The molecule has 1 aromatic carbocycles. The van der Waals surface area contributed by atoms with Gasteiger partial charge in [-0.05, 0) is 43.9 Å². The van der Waals surface area contributed by atoms with E-state index in [1.54, 1.807) is 0 Å². The monoisotopic (exact) mass is 354 g/mol. The summed E-state index contributed by atoms with van der Waals surface area (Å²) in [7, 11) is 0. The third-order valence-corrected chi connectivity index (χ3v) is 5.96. The number of hydrogen-bond acceptors (Lipinski definition) is 4. The van der Waals surface area contributed by atoms with Crippen LogP contribution in [0.25, 0.3) is 0 Å². The van der Waals surface area contributed by atoms with Gasteiger partial charge in [0, 0.05) is 31.9 Å². The molecule has 1 saturated carbocycles. The molecule has 1 saturated heterocycles. The Morgan fingerprint density at radius 3 is 2.50 bits per heavy atom. The molecular formula is C21H30N4O. The summed E-state index contributed by atoms with van der Waals surface area (Å²) in [5.41, 5.74) is 3.33. The lowest BCUT2D eigenvalue weighted by atomic mass is 9.83. The topological polar surface area (TPSA) is 59.4 Å². The number of nitriles is 1. The maximum absolute atomic E-state index is 12.5. The summed E-state index contributed by atoms with van der Waals surface area (Å²) >= 11 is 0. The van der Waals surface area contributed by atoms with E-state index in [4.69, 9.17) is 0 Å². The SMILES string of the molecule is Cc1cccc(N2CCN(CC(=O)NC3(C#N)CCCCC3)CC2)c1C. The highest BCUT2D eigenvalue weighted by molar-refractivity contribution is 5.79. The van der Waals surface area contributed by atoms with Gasteiger partial charge in [0.1, 0.15) is 5.54 Å². The average molecular weight is 354 g/mol. The van der Waals surface area contributed by atoms with Crippen molar-refractivity contribution in [2.75, 3.05) is 37.6 Å². The molecule has 1 N–H and O–H groups in total. The van der Waals surface area contributed by atoms with Gasteiger partial charge in [-0.15, -0.1) is 0 Å². The molecule has 5 heteroatoms. The molecule has 26 heavy (non-hydrogen) atoms. The van der Waals surface area contributed by atoms with Crippen molar-refractivity contribution in [2.24, 2.45) is 0 Å². The van der Waals surface area contributed by atoms with Crippen LogP contribution in [0.1, 0.15) is 43.2 Å². The third kappa shape index (κ3) is 4.19. The Kier molecular flexibility index (Phi) is 5.83. The van der Waals surface area contributed by atoms with E-state index >= 15 is 0 Å². The molecule has 0 bridgehead atoms. The smallest absolute Gasteiger partial charge is 0.235 e. The normalized spacial score (nSPS) is 20.4. The van der Waals surface area contributed by atoms with Crippen LogP contribution in [-0.4, -0.2) is 49.1 Å². The molecule has 3 rings (SSSR count). The van der Waals surface area contributed by atoms with Crippen molar-refractivity contribution in [2.45, 2.75) is 51.5 Å². The van der Waals surface area contributed by atoms with Gasteiger partial charge in [0.2, 0.25) is 5.91 Å². The van der Waals surface area contributed by atoms with Gasteiger partial charge in [-0.3, -0.25) is 9.69 Å². The number of piperazine rings is 1. The molecule has 2 aliphatic rings. The Hall–Kier alpha value is -2.06. The number of hydrogen-bond donors (Lipinski definition) is 1. The largest absolute Gasteiger partial charge is 0.369 e. The maximum atomic E-state index is 12.5. The average Bonchev–Trinajstić information content (AvgIpc) is 2.65. The van der Waals surface area contributed by atoms with Crippen LogP contribution in [-0.2, 0) is 4.79 Å². The maximum Gasteiger partial charge on any atom is 0.235 e. The fraction of sp³-hybridized carbons (Fsp3) is 0.619. The Morgan fingerprint density at radius 1 is 1.15 bits per heavy atom. The van der Waals surface area contributed by atoms with Crippen LogP contribution in [0.2, 0.25) is 0 Å². The molecular weight excluding hydrogens is 324 g/mol. The molecule has 0 atom stereocenters. The highest BCUT2D eigenvalue weighted by Crippen LogP contribution is 2.27. The van der Waals surface area contributed by atoms with E-state index in [0.29, 0.717) is 6.54 Å². The molecule has 5 nitrogen and oxygen atoms in total. The second-order valence-corrected chi connectivity index (χ2v) is 7.78. The van der Waals surface area contributed by atoms with Crippen molar-refractivity contribution >= 4 is 11.6 Å². The molecule has 1 heterocycles. The summed E-state index contributed by atoms with van der Waals surface area (Å²) in [4.78, 5) is 17.1. The molecule has 1 aliphatic heterocycles. The number of nitrogens with one attached hydrogen (secondary N) is 1. The molecule has 140 valence electrons. The lowest BCUT2D eigenvalue weighted by Gasteiger charge is -2.37. The number of aryl methyl sites for hydroxylation is 1. The predicted molar refractivity (Wildman–Crippen MR) is 104 cm³/mol. The highest BCUT2D eigenvalue weighted by atomic mass is 16.2. The van der Waals surface area contributed by atoms with E-state index in [1.165, 1.54) is 23.2 Å². The number of nitrogens with zero attached hydrogens (tertiary/aromatic N) is 3. The van der Waals surface area contributed by atoms with Crippen molar-refractivity contribution in [3.05, 3.63) is 29.3 Å². The summed E-state index contributed by atoms with van der Waals surface area (Å²) < 4.78 is 0. The van der Waals surface area contributed by atoms with Crippen LogP contribution in [0.4, 0.5) is 5.69 Å². The number of carbonyl (C=O) groups excluding carboxylic acids is 1. The minimum absolute atomic E-state index is 0.00589. The van der Waals surface area contributed by atoms with E-state index in [-0.39, 0.29) is 5.91 Å². The molecule has 1 amide bonds. The summed E-state index contributed by atoms with van der Waals surface area (Å²) in [6, 6.07) is 8.81. The molecule has 1 aliphatic carbocycles. The Bertz CT molecular complexity index is 680. The van der Waals surface area contributed by atoms with Crippen molar-refractivity contribution in [3.8, 4) is 6.07 Å². The number of anilines is 1. The van der Waals surface area contributed by atoms with Crippen molar-refractivity contribution in [3.63, 3.8) is 0 Å². The van der Waals surface area contributed by atoms with Gasteiger partial charge in [-0.25, -0.2) is 0 Å². The van der Waals surface area contributed by atoms with Crippen LogP contribution >= 0.6 is 0 Å². The summed E-state index contributed by atoms with van der Waals surface area (Å²) in [5, 5.41) is 12.6. The summed E-state index contributed by atoms with van der Waals surface area (Å²) in [6.07, 6.45) is 4.80. The number of carbonyl (C=O) groups is 1. The van der Waals surface area contributed by atoms with Gasteiger partial charge in [0.15, 0.2) is 0 Å². The first-order valence-corrected chi connectivity index (χ1v) is 9.79. The third-order valence-electron chi connectivity index (χ3n) is 5.96. The number of amides is 1. The predicted octanol–water partition coefficient (Wildman–Crippen LogP) is 2.77. The van der Waals surface area contributed by atoms with Crippen LogP contribution < -0.4 is 10.2 Å². The minimum atomic E-state index is -0.629. The summed E-state index contributed by atoms with van der Waals surface area (Å²) in [6.45, 7) is 8.33. The van der Waals surface area contributed by atoms with Crippen LogP contribution in [0.3, 0.4) is 0 Å². The fourth-order valence-corrected chi connectivity index (χ4v) is 4.15. The van der Waals surface area contributed by atoms with Crippen molar-refractivity contribution < 1.29 is 4.79 Å². The zero-order valence-electron chi connectivity index (χ0n) is 16.1. The zero-order chi connectivity index (χ0) is 18.6. The lowest BCUT2D eigenvalue weighted by molar-refractivity contribution is -0.124. The Labute approximate surface area is 157 Å². The van der Waals surface area contributed by atoms with Gasteiger partial charge in [-0.1, -0.05) is 31.4 Å². The first kappa shape index (κ1) is 18.7. The molecule has 1 aromatic rings. The number of benzene rings is 1. The van der Waals surface area contributed by atoms with Crippen molar-refractivity contribution in [1.29, 1.82) is 5.26 Å². The standard InChI is InChI=1S/C21H30N4O/c1-17-7-6-8-19(18(17)2)25-13-11-24(12-14-25)15-20(26)23-21(16-22)9-4-3-5-10-21/h6-8H,3-5,9-15H2,1-2H3,(H,23,26). The fourth-order valence-electron chi connectivity index (χ4n) is 4.15. The zero-order valence-corrected chi connectivity index (χ0v) is 16.1. The Balaban J connectivity index is 1.51. The first-order chi connectivity index (χ1) is 12.5. The summed E-state index contributed by atoms with van der Waals surface area (Å²) in [5.74, 6) is -0.00589. The van der Waals surface area contributed by atoms with Crippen molar-refractivity contribution in [1.82, 2.24) is 10.2 Å². The van der Waals surface area contributed by atoms with Gasteiger partial charge in [0.25, 0.3) is 0 Å². The highest BCUT2D eigenvalue weighted by Gasteiger charge is 2.34. The quantitative estimate of drug-likeness (QED) is 0.903. The van der Waals surface area contributed by atoms with Gasteiger partial charge >= 0.3 is 0 Å². The van der Waals surface area contributed by atoms with Gasteiger partial charge in [0.05, 0.1) is 12.6 Å². The molecule has 0 spiro atoms. The molecule has 0 radical (unpaired) electrons. The minimum Gasteiger partial charge on any atom is -0.369 e. The number of rotatable bonds is 4. The molecule has 0 unspecified atom stereocenters. The van der Waals surface area contributed by atoms with Crippen LogP contribution in [0.5, 0.6) is 0 Å². The van der Waals surface area contributed by atoms with E-state index in [1.807, 2.05) is 0 Å². The molecule has 0 aromatic heterocycles. The first-order valence-electron chi connectivity index (χ1n) is 9.79. The van der Waals surface area contributed by atoms with Crippen LogP contribution in [0.15, 0.2) is 18.2 Å². The molecule has 2 fully saturated rings. The van der Waals surface area contributed by atoms with E-state index in [0.717, 1.165) is 51.9 Å². The van der Waals surface area contributed by atoms with E-state index in [2.05, 4.69) is 53.2 Å². The Morgan fingerprint density at radius 2 is 1.85 bits per heavy atom. The van der Waals surface area contributed by atoms with Crippen LogP contribution in [0, 0.1) is 25.2 Å².